The number of halogens is 2. The van der Waals surface area contributed by atoms with Crippen molar-refractivity contribution in [2.75, 3.05) is 13.2 Å². The normalized spacial score (nSPS) is 11.8. The first-order chi connectivity index (χ1) is 15.3. The van der Waals surface area contributed by atoms with Crippen molar-refractivity contribution in [1.29, 1.82) is 0 Å². The van der Waals surface area contributed by atoms with Crippen LogP contribution in [0.2, 0.25) is 10.0 Å². The van der Waals surface area contributed by atoms with E-state index in [2.05, 4.69) is 26.1 Å². The van der Waals surface area contributed by atoms with Crippen molar-refractivity contribution in [2.24, 2.45) is 11.0 Å². The molecule has 3 N–H and O–H groups in total. The third-order valence-electron chi connectivity index (χ3n) is 4.06. The molecule has 0 aliphatic carbocycles. The second-order valence-corrected chi connectivity index (χ2v) is 7.79. The highest BCUT2D eigenvalue weighted by atomic mass is 35.5. The first-order valence-electron chi connectivity index (χ1n) is 9.63. The molecule has 1 aromatic carbocycles. The van der Waals surface area contributed by atoms with Crippen LogP contribution in [0.1, 0.15) is 19.4 Å². The van der Waals surface area contributed by atoms with Crippen LogP contribution in [0.3, 0.4) is 0 Å². The van der Waals surface area contributed by atoms with Crippen molar-refractivity contribution in [3.05, 3.63) is 58.3 Å². The summed E-state index contributed by atoms with van der Waals surface area (Å²) in [5, 5.41) is 9.59. The van der Waals surface area contributed by atoms with E-state index in [1.165, 1.54) is 18.3 Å². The van der Waals surface area contributed by atoms with Gasteiger partial charge in [0.25, 0.3) is 11.8 Å². The van der Waals surface area contributed by atoms with E-state index in [0.717, 1.165) is 5.56 Å². The number of hydrogen-bond donors (Lipinski definition) is 3. The molecule has 0 fully saturated rings. The molecule has 0 radical (unpaired) electrons. The summed E-state index contributed by atoms with van der Waals surface area (Å²) in [7, 11) is 0. The summed E-state index contributed by atoms with van der Waals surface area (Å²) in [6, 6.07) is 7.22. The maximum absolute atomic E-state index is 12.4. The van der Waals surface area contributed by atoms with E-state index in [1.807, 2.05) is 0 Å². The minimum absolute atomic E-state index is 0.207. The molecule has 170 valence electrons. The molecule has 9 nitrogen and oxygen atoms in total. The van der Waals surface area contributed by atoms with Gasteiger partial charge >= 0.3 is 0 Å². The van der Waals surface area contributed by atoms with Crippen LogP contribution in [0.4, 0.5) is 0 Å². The average Bonchev–Trinajstić information content (AvgIpc) is 2.75. The Balaban J connectivity index is 1.78. The molecule has 2 aromatic rings. The summed E-state index contributed by atoms with van der Waals surface area (Å²) in [6.45, 7) is 2.89. The minimum atomic E-state index is -0.835. The van der Waals surface area contributed by atoms with Crippen LogP contribution in [-0.4, -0.2) is 48.1 Å². The second kappa shape index (κ2) is 12.6. The fourth-order valence-corrected chi connectivity index (χ4v) is 2.88. The number of nitrogens with one attached hydrogen (secondary N) is 3. The molecule has 0 spiro atoms. The maximum Gasteiger partial charge on any atom is 0.262 e. The summed E-state index contributed by atoms with van der Waals surface area (Å²) in [6.07, 6.45) is 4.67. The Morgan fingerprint density at radius 2 is 1.84 bits per heavy atom. The van der Waals surface area contributed by atoms with Crippen LogP contribution in [0.5, 0.6) is 5.75 Å². The Hall–Kier alpha value is -3.17. The van der Waals surface area contributed by atoms with Crippen molar-refractivity contribution >= 4 is 47.1 Å². The lowest BCUT2D eigenvalue weighted by Gasteiger charge is -2.20. The Kier molecular flexibility index (Phi) is 9.90. The third-order valence-corrected chi connectivity index (χ3v) is 4.59. The van der Waals surface area contributed by atoms with E-state index in [-0.39, 0.29) is 24.1 Å². The van der Waals surface area contributed by atoms with Crippen LogP contribution >= 0.6 is 23.2 Å². The summed E-state index contributed by atoms with van der Waals surface area (Å²) in [4.78, 5) is 40.4. The van der Waals surface area contributed by atoms with Gasteiger partial charge in [-0.1, -0.05) is 37.0 Å². The number of benzene rings is 1. The van der Waals surface area contributed by atoms with Gasteiger partial charge in [-0.25, -0.2) is 5.43 Å². The Morgan fingerprint density at radius 1 is 1.12 bits per heavy atom. The number of nitrogens with zero attached hydrogens (tertiary/aromatic N) is 2. The van der Waals surface area contributed by atoms with Crippen LogP contribution in [-0.2, 0) is 14.4 Å². The number of rotatable bonds is 10. The Morgan fingerprint density at radius 3 is 2.50 bits per heavy atom. The Bertz CT molecular complexity index is 970. The van der Waals surface area contributed by atoms with E-state index in [0.29, 0.717) is 10.8 Å². The fraction of sp³-hybridized carbons (Fsp3) is 0.286. The zero-order chi connectivity index (χ0) is 23.5. The molecule has 3 amide bonds. The second-order valence-electron chi connectivity index (χ2n) is 6.94. The molecular weight excluding hydrogens is 457 g/mol. The lowest BCUT2D eigenvalue weighted by atomic mass is 10.0. The highest BCUT2D eigenvalue weighted by molar-refractivity contribution is 6.35. The van der Waals surface area contributed by atoms with Crippen molar-refractivity contribution < 1.29 is 19.1 Å². The van der Waals surface area contributed by atoms with E-state index in [1.54, 1.807) is 44.4 Å². The molecule has 11 heteroatoms. The summed E-state index contributed by atoms with van der Waals surface area (Å²) < 4.78 is 5.31. The Labute approximate surface area is 195 Å². The predicted octanol–water partition coefficient (Wildman–Crippen LogP) is 2.17. The smallest absolute Gasteiger partial charge is 0.262 e. The topological polar surface area (TPSA) is 122 Å². The molecular formula is C21H23Cl2N5O4. The average molecular weight is 480 g/mol. The zero-order valence-electron chi connectivity index (χ0n) is 17.5. The molecule has 2 rings (SSSR count). The number of ether oxygens (including phenoxy) is 1. The molecule has 0 aliphatic heterocycles. The first-order valence-corrected chi connectivity index (χ1v) is 10.4. The minimum Gasteiger partial charge on any atom is -0.482 e. The molecule has 1 heterocycles. The monoisotopic (exact) mass is 479 g/mol. The van der Waals surface area contributed by atoms with Gasteiger partial charge < -0.3 is 15.4 Å². The van der Waals surface area contributed by atoms with Crippen molar-refractivity contribution in [1.82, 2.24) is 21.0 Å². The number of pyridine rings is 1. The summed E-state index contributed by atoms with van der Waals surface area (Å²) >= 11 is 11.8. The van der Waals surface area contributed by atoms with Crippen LogP contribution in [0, 0.1) is 5.92 Å². The predicted molar refractivity (Wildman–Crippen MR) is 122 cm³/mol. The van der Waals surface area contributed by atoms with Crippen molar-refractivity contribution in [2.45, 2.75) is 19.9 Å². The van der Waals surface area contributed by atoms with Gasteiger partial charge in [-0.05, 0) is 41.8 Å². The van der Waals surface area contributed by atoms with E-state index >= 15 is 0 Å². The van der Waals surface area contributed by atoms with Gasteiger partial charge in [0.15, 0.2) is 6.61 Å². The molecule has 0 saturated heterocycles. The van der Waals surface area contributed by atoms with Crippen LogP contribution < -0.4 is 20.8 Å². The third kappa shape index (κ3) is 8.52. The van der Waals surface area contributed by atoms with Gasteiger partial charge in [-0.3, -0.25) is 19.4 Å². The van der Waals surface area contributed by atoms with Gasteiger partial charge in [0, 0.05) is 17.4 Å². The fourth-order valence-electron chi connectivity index (χ4n) is 2.41. The van der Waals surface area contributed by atoms with Crippen LogP contribution in [0.25, 0.3) is 0 Å². The number of hydrogen-bond acceptors (Lipinski definition) is 6. The highest BCUT2D eigenvalue weighted by Gasteiger charge is 2.24. The number of hydrazone groups is 1. The zero-order valence-corrected chi connectivity index (χ0v) is 19.0. The first kappa shape index (κ1) is 25.1. The highest BCUT2D eigenvalue weighted by Crippen LogP contribution is 2.27. The number of carbonyl (C=O) groups excluding carboxylic acids is 3. The molecule has 1 aromatic heterocycles. The lowest BCUT2D eigenvalue weighted by molar-refractivity contribution is -0.131. The molecule has 32 heavy (non-hydrogen) atoms. The number of aromatic nitrogens is 1. The quantitative estimate of drug-likeness (QED) is 0.356. The van der Waals surface area contributed by atoms with Crippen molar-refractivity contribution in [3.63, 3.8) is 0 Å². The maximum atomic E-state index is 12.4. The molecule has 0 bridgehead atoms. The molecule has 1 atom stereocenters. The van der Waals surface area contributed by atoms with Crippen LogP contribution in [0.15, 0.2) is 47.8 Å². The molecule has 0 saturated carbocycles. The van der Waals surface area contributed by atoms with E-state index in [4.69, 9.17) is 27.9 Å². The van der Waals surface area contributed by atoms with E-state index in [9.17, 15) is 14.4 Å². The molecule has 0 aliphatic rings. The summed E-state index contributed by atoms with van der Waals surface area (Å²) in [5.41, 5.74) is 3.16. The largest absolute Gasteiger partial charge is 0.482 e. The van der Waals surface area contributed by atoms with Gasteiger partial charge in [-0.15, -0.1) is 0 Å². The van der Waals surface area contributed by atoms with E-state index < -0.39 is 23.8 Å². The number of carbonyl (C=O) groups is 3. The summed E-state index contributed by atoms with van der Waals surface area (Å²) in [5.74, 6) is -1.46. The molecule has 1 unspecified atom stereocenters. The SMILES string of the molecule is CC(C)C(NC(=O)CNC(=O)COc1ccc(Cl)cc1Cl)C(=O)N/N=C/c1ccncc1. The van der Waals surface area contributed by atoms with Gasteiger partial charge in [0.1, 0.15) is 11.8 Å². The lowest BCUT2D eigenvalue weighted by Crippen LogP contribution is -2.51. The van der Waals surface area contributed by atoms with Gasteiger partial charge in [0.2, 0.25) is 5.91 Å². The van der Waals surface area contributed by atoms with Gasteiger partial charge in [-0.2, -0.15) is 5.10 Å². The number of amides is 3. The standard InChI is InChI=1S/C21H23Cl2N5O4/c1-13(2)20(21(31)28-26-10-14-5-7-24-8-6-14)27-18(29)11-25-19(30)12-32-17-4-3-15(22)9-16(17)23/h3-10,13,20H,11-12H2,1-2H3,(H,25,30)(H,27,29)(H,28,31)/b26-10+. The van der Waals surface area contributed by atoms with Gasteiger partial charge in [0.05, 0.1) is 17.8 Å². The van der Waals surface area contributed by atoms with Crippen molar-refractivity contribution in [3.8, 4) is 5.75 Å².